The van der Waals surface area contributed by atoms with E-state index < -0.39 is 5.54 Å². The van der Waals surface area contributed by atoms with Crippen LogP contribution >= 0.6 is 11.8 Å². The van der Waals surface area contributed by atoms with Gasteiger partial charge in [0.25, 0.3) is 0 Å². The van der Waals surface area contributed by atoms with E-state index in [0.717, 1.165) is 30.9 Å². The van der Waals surface area contributed by atoms with Gasteiger partial charge in [-0.15, -0.1) is 0 Å². The van der Waals surface area contributed by atoms with Gasteiger partial charge in [-0.3, -0.25) is 4.79 Å². The number of thioether (sulfide) groups is 1. The molecule has 1 aliphatic heterocycles. The van der Waals surface area contributed by atoms with E-state index in [4.69, 9.17) is 4.74 Å². The summed E-state index contributed by atoms with van der Waals surface area (Å²) in [6, 6.07) is 0. The zero-order valence-corrected chi connectivity index (χ0v) is 11.6. The third-order valence-electron chi connectivity index (χ3n) is 3.56. The van der Waals surface area contributed by atoms with Crippen LogP contribution in [0.1, 0.15) is 33.6 Å². The number of hydrogen-bond acceptors (Lipinski definition) is 4. The normalized spacial score (nSPS) is 28.8. The quantitative estimate of drug-likeness (QED) is 0.770. The van der Waals surface area contributed by atoms with Crippen molar-refractivity contribution in [2.24, 2.45) is 5.41 Å². The fourth-order valence-electron chi connectivity index (χ4n) is 2.17. The summed E-state index contributed by atoms with van der Waals surface area (Å²) in [6.45, 7) is 7.29. The number of esters is 1. The topological polar surface area (TPSA) is 38.3 Å². The summed E-state index contributed by atoms with van der Waals surface area (Å²) in [7, 11) is 1.48. The smallest absolute Gasteiger partial charge is 0.327 e. The molecule has 1 rings (SSSR count). The molecule has 1 aliphatic rings. The van der Waals surface area contributed by atoms with Crippen LogP contribution in [-0.4, -0.2) is 36.7 Å². The average molecular weight is 245 g/mol. The van der Waals surface area contributed by atoms with Crippen LogP contribution < -0.4 is 5.32 Å². The van der Waals surface area contributed by atoms with Crippen molar-refractivity contribution < 1.29 is 9.53 Å². The molecule has 4 heteroatoms. The first kappa shape index (κ1) is 13.8. The molecule has 1 fully saturated rings. The Kier molecular flexibility index (Phi) is 4.68. The Balaban J connectivity index is 2.95. The van der Waals surface area contributed by atoms with E-state index in [2.05, 4.69) is 26.1 Å². The maximum atomic E-state index is 12.1. The van der Waals surface area contributed by atoms with Crippen LogP contribution in [0.5, 0.6) is 0 Å². The molecular weight excluding hydrogens is 222 g/mol. The molecule has 1 saturated heterocycles. The summed E-state index contributed by atoms with van der Waals surface area (Å²) < 4.78 is 5.01. The zero-order valence-electron chi connectivity index (χ0n) is 10.8. The molecule has 0 amide bonds. The summed E-state index contributed by atoms with van der Waals surface area (Å²) in [4.78, 5) is 12.1. The van der Waals surface area contributed by atoms with Crippen molar-refractivity contribution in [2.45, 2.75) is 39.2 Å². The lowest BCUT2D eigenvalue weighted by molar-refractivity contribution is -0.153. The third kappa shape index (κ3) is 2.38. The highest BCUT2D eigenvalue weighted by Crippen LogP contribution is 2.43. The van der Waals surface area contributed by atoms with E-state index in [-0.39, 0.29) is 11.4 Å². The lowest BCUT2D eigenvalue weighted by Gasteiger charge is -2.48. The number of ether oxygens (including phenoxy) is 1. The molecule has 0 radical (unpaired) electrons. The lowest BCUT2D eigenvalue weighted by Crippen LogP contribution is -2.65. The van der Waals surface area contributed by atoms with Crippen LogP contribution in [0.4, 0.5) is 0 Å². The van der Waals surface area contributed by atoms with Gasteiger partial charge in [0, 0.05) is 5.75 Å². The predicted octanol–water partition coefficient (Wildman–Crippen LogP) is 2.06. The van der Waals surface area contributed by atoms with Gasteiger partial charge in [0.1, 0.15) is 5.54 Å². The number of hydrogen-bond donors (Lipinski definition) is 1. The van der Waals surface area contributed by atoms with Crippen LogP contribution in [0.25, 0.3) is 0 Å². The third-order valence-corrected chi connectivity index (χ3v) is 4.69. The number of methoxy groups -OCH3 is 1. The maximum absolute atomic E-state index is 12.1. The van der Waals surface area contributed by atoms with Crippen LogP contribution in [-0.2, 0) is 9.53 Å². The van der Waals surface area contributed by atoms with Crippen LogP contribution in [0.2, 0.25) is 0 Å². The highest BCUT2D eigenvalue weighted by molar-refractivity contribution is 7.99. The molecule has 3 nitrogen and oxygen atoms in total. The first-order chi connectivity index (χ1) is 7.50. The van der Waals surface area contributed by atoms with Gasteiger partial charge in [0.15, 0.2) is 0 Å². The second-order valence-corrected chi connectivity index (χ2v) is 6.12. The van der Waals surface area contributed by atoms with Crippen molar-refractivity contribution >= 4 is 17.7 Å². The Morgan fingerprint density at radius 2 is 2.19 bits per heavy atom. The van der Waals surface area contributed by atoms with Crippen LogP contribution in [0.3, 0.4) is 0 Å². The molecule has 1 atom stereocenters. The molecule has 0 aromatic carbocycles. The zero-order chi connectivity index (χ0) is 12.2. The van der Waals surface area contributed by atoms with Gasteiger partial charge in [0.2, 0.25) is 0 Å². The number of rotatable bonds is 4. The number of carbonyl (C=O) groups excluding carboxylic acids is 1. The minimum atomic E-state index is -0.513. The van der Waals surface area contributed by atoms with E-state index in [9.17, 15) is 4.79 Å². The van der Waals surface area contributed by atoms with Crippen molar-refractivity contribution in [3.8, 4) is 0 Å². The molecule has 0 aliphatic carbocycles. The maximum Gasteiger partial charge on any atom is 0.327 e. The molecular formula is C12H23NO2S. The molecule has 16 heavy (non-hydrogen) atoms. The molecule has 1 unspecified atom stereocenters. The van der Waals surface area contributed by atoms with Crippen molar-refractivity contribution in [1.29, 1.82) is 0 Å². The Morgan fingerprint density at radius 1 is 1.50 bits per heavy atom. The summed E-state index contributed by atoms with van der Waals surface area (Å²) in [5.74, 6) is 1.82. The largest absolute Gasteiger partial charge is 0.468 e. The fraction of sp³-hybridized carbons (Fsp3) is 0.917. The van der Waals surface area contributed by atoms with E-state index in [1.807, 2.05) is 11.8 Å². The van der Waals surface area contributed by atoms with Crippen molar-refractivity contribution in [3.05, 3.63) is 0 Å². The van der Waals surface area contributed by atoms with E-state index in [1.165, 1.54) is 7.11 Å². The first-order valence-electron chi connectivity index (χ1n) is 5.91. The summed E-state index contributed by atoms with van der Waals surface area (Å²) in [5.41, 5.74) is -0.554. The molecule has 0 aromatic heterocycles. The van der Waals surface area contributed by atoms with Crippen molar-refractivity contribution in [3.63, 3.8) is 0 Å². The van der Waals surface area contributed by atoms with Crippen molar-refractivity contribution in [1.82, 2.24) is 5.32 Å². The monoisotopic (exact) mass is 245 g/mol. The highest BCUT2D eigenvalue weighted by Gasteiger charge is 2.53. The van der Waals surface area contributed by atoms with Gasteiger partial charge in [0.05, 0.1) is 7.11 Å². The molecule has 0 spiro atoms. The summed E-state index contributed by atoms with van der Waals surface area (Å²) in [5, 5.41) is 3.43. The van der Waals surface area contributed by atoms with Crippen molar-refractivity contribution in [2.75, 3.05) is 25.2 Å². The van der Waals surface area contributed by atoms with Crippen LogP contribution in [0, 0.1) is 5.41 Å². The average Bonchev–Trinajstić information content (AvgIpc) is 2.26. The second kappa shape index (κ2) is 5.41. The van der Waals surface area contributed by atoms with Gasteiger partial charge < -0.3 is 10.1 Å². The standard InChI is InChI=1S/C12H23NO2S/c1-5-7-13-12(10(14)15-4)9-16-8-6-11(12,2)3/h13H,5-9H2,1-4H3. The number of carbonyl (C=O) groups is 1. The Hall–Kier alpha value is -0.220. The number of nitrogens with one attached hydrogen (secondary N) is 1. The molecule has 0 bridgehead atoms. The SMILES string of the molecule is CCCNC1(C(=O)OC)CSCCC1(C)C. The highest BCUT2D eigenvalue weighted by atomic mass is 32.2. The molecule has 1 N–H and O–H groups in total. The molecule has 0 aromatic rings. The van der Waals surface area contributed by atoms with Crippen LogP contribution in [0.15, 0.2) is 0 Å². The lowest BCUT2D eigenvalue weighted by atomic mass is 9.70. The van der Waals surface area contributed by atoms with Gasteiger partial charge >= 0.3 is 5.97 Å². The van der Waals surface area contributed by atoms with Gasteiger partial charge in [-0.05, 0) is 30.6 Å². The van der Waals surface area contributed by atoms with E-state index in [1.54, 1.807) is 0 Å². The van der Waals surface area contributed by atoms with E-state index in [0.29, 0.717) is 0 Å². The molecule has 94 valence electrons. The first-order valence-corrected chi connectivity index (χ1v) is 7.07. The van der Waals surface area contributed by atoms with Gasteiger partial charge in [-0.2, -0.15) is 11.8 Å². The Bertz CT molecular complexity index is 255. The van der Waals surface area contributed by atoms with Gasteiger partial charge in [-0.1, -0.05) is 20.8 Å². The Morgan fingerprint density at radius 3 is 2.69 bits per heavy atom. The van der Waals surface area contributed by atoms with Gasteiger partial charge in [-0.25, -0.2) is 0 Å². The Labute approximate surface area is 103 Å². The summed E-state index contributed by atoms with van der Waals surface area (Å²) >= 11 is 1.83. The summed E-state index contributed by atoms with van der Waals surface area (Å²) in [6.07, 6.45) is 2.07. The fourth-order valence-corrected chi connectivity index (χ4v) is 3.89. The predicted molar refractivity (Wildman–Crippen MR) is 68.8 cm³/mol. The minimum absolute atomic E-state index is 0.0412. The van der Waals surface area contributed by atoms with E-state index >= 15 is 0 Å². The minimum Gasteiger partial charge on any atom is -0.468 e. The molecule has 0 saturated carbocycles. The molecule has 1 heterocycles. The second-order valence-electron chi connectivity index (χ2n) is 5.01.